The van der Waals surface area contributed by atoms with E-state index in [0.717, 1.165) is 21.7 Å². The molecule has 0 aliphatic carbocycles. The van der Waals surface area contributed by atoms with Crippen LogP contribution in [0.5, 0.6) is 5.75 Å². The number of thioether (sulfide) groups is 1. The van der Waals surface area contributed by atoms with Gasteiger partial charge in [-0.1, -0.05) is 34.1 Å². The second kappa shape index (κ2) is 8.10. The molecule has 0 atom stereocenters. The number of benzene rings is 2. The van der Waals surface area contributed by atoms with Gasteiger partial charge in [-0.25, -0.2) is 0 Å². The molecule has 0 aliphatic heterocycles. The van der Waals surface area contributed by atoms with Gasteiger partial charge in [0.15, 0.2) is 0 Å². The maximum atomic E-state index is 11.9. The number of hydrogen-bond acceptors (Lipinski definition) is 3. The zero-order valence-electron chi connectivity index (χ0n) is 11.6. The second-order valence-electron chi connectivity index (χ2n) is 4.40. The molecule has 0 saturated carbocycles. The first-order valence-corrected chi connectivity index (χ1v) is 8.38. The van der Waals surface area contributed by atoms with Crippen LogP contribution < -0.4 is 10.1 Å². The molecule has 1 N–H and O–H groups in total. The molecule has 0 bridgehead atoms. The van der Waals surface area contributed by atoms with E-state index in [4.69, 9.17) is 4.74 Å². The average Bonchev–Trinajstić information content (AvgIpc) is 2.49. The van der Waals surface area contributed by atoms with E-state index in [9.17, 15) is 4.79 Å². The van der Waals surface area contributed by atoms with E-state index in [0.29, 0.717) is 5.75 Å². The number of halogens is 1. The molecule has 21 heavy (non-hydrogen) atoms. The lowest BCUT2D eigenvalue weighted by Gasteiger charge is -2.07. The predicted octanol–water partition coefficient (Wildman–Crippen LogP) is 4.33. The Morgan fingerprint density at radius 2 is 2.00 bits per heavy atom. The minimum Gasteiger partial charge on any atom is -0.497 e. The van der Waals surface area contributed by atoms with Crippen molar-refractivity contribution in [3.63, 3.8) is 0 Å². The molecule has 5 heteroatoms. The molecular formula is C16H16BrNO2S. The average molecular weight is 366 g/mol. The second-order valence-corrected chi connectivity index (χ2v) is 6.30. The van der Waals surface area contributed by atoms with Crippen molar-refractivity contribution in [3.05, 3.63) is 58.6 Å². The van der Waals surface area contributed by atoms with Crippen LogP contribution in [-0.2, 0) is 10.5 Å². The standard InChI is InChI=1S/C16H16BrNO2S/c1-20-15-4-2-3-14(9-15)18-16(19)11-21-10-12-5-7-13(17)8-6-12/h2-9H,10-11H2,1H3,(H,18,19). The Morgan fingerprint density at radius 3 is 2.71 bits per heavy atom. The first kappa shape index (κ1) is 15.9. The summed E-state index contributed by atoms with van der Waals surface area (Å²) in [6.45, 7) is 0. The van der Waals surface area contributed by atoms with Crippen molar-refractivity contribution >= 4 is 39.3 Å². The van der Waals surface area contributed by atoms with Crippen molar-refractivity contribution in [1.82, 2.24) is 0 Å². The Bertz CT molecular complexity index is 601. The summed E-state index contributed by atoms with van der Waals surface area (Å²) in [4.78, 5) is 11.9. The molecule has 2 rings (SSSR count). The van der Waals surface area contributed by atoms with Crippen molar-refractivity contribution < 1.29 is 9.53 Å². The molecule has 0 unspecified atom stereocenters. The van der Waals surface area contributed by atoms with Crippen molar-refractivity contribution in [2.75, 3.05) is 18.2 Å². The summed E-state index contributed by atoms with van der Waals surface area (Å²) < 4.78 is 6.19. The molecule has 0 heterocycles. The monoisotopic (exact) mass is 365 g/mol. The Balaban J connectivity index is 1.78. The first-order chi connectivity index (χ1) is 10.2. The van der Waals surface area contributed by atoms with Gasteiger partial charge in [0.25, 0.3) is 0 Å². The summed E-state index contributed by atoms with van der Waals surface area (Å²) in [7, 11) is 1.61. The number of methoxy groups -OCH3 is 1. The van der Waals surface area contributed by atoms with Crippen LogP contribution in [0.25, 0.3) is 0 Å². The molecule has 110 valence electrons. The van der Waals surface area contributed by atoms with E-state index < -0.39 is 0 Å². The Kier molecular flexibility index (Phi) is 6.14. The number of ether oxygens (including phenoxy) is 1. The summed E-state index contributed by atoms with van der Waals surface area (Å²) in [6, 6.07) is 15.5. The van der Waals surface area contributed by atoms with E-state index in [1.54, 1.807) is 24.9 Å². The molecule has 0 aromatic heterocycles. The molecule has 0 saturated heterocycles. The van der Waals surface area contributed by atoms with Crippen molar-refractivity contribution in [3.8, 4) is 5.75 Å². The van der Waals surface area contributed by atoms with Crippen LogP contribution >= 0.6 is 27.7 Å². The minimum absolute atomic E-state index is 0.00892. The van der Waals surface area contributed by atoms with Gasteiger partial charge in [0.1, 0.15) is 5.75 Å². The highest BCUT2D eigenvalue weighted by atomic mass is 79.9. The molecule has 0 aliphatic rings. The van der Waals surface area contributed by atoms with Gasteiger partial charge in [-0.15, -0.1) is 11.8 Å². The van der Waals surface area contributed by atoms with Gasteiger partial charge in [-0.05, 0) is 29.8 Å². The molecule has 0 fully saturated rings. The number of rotatable bonds is 6. The van der Waals surface area contributed by atoms with Gasteiger partial charge >= 0.3 is 0 Å². The molecule has 0 spiro atoms. The van der Waals surface area contributed by atoms with E-state index >= 15 is 0 Å². The third-order valence-electron chi connectivity index (χ3n) is 2.77. The Morgan fingerprint density at radius 1 is 1.24 bits per heavy atom. The lowest BCUT2D eigenvalue weighted by atomic mass is 10.2. The summed E-state index contributed by atoms with van der Waals surface area (Å²) in [5.41, 5.74) is 1.96. The largest absolute Gasteiger partial charge is 0.497 e. The summed E-state index contributed by atoms with van der Waals surface area (Å²) in [6.07, 6.45) is 0. The maximum absolute atomic E-state index is 11.9. The third kappa shape index (κ3) is 5.44. The topological polar surface area (TPSA) is 38.3 Å². The zero-order valence-corrected chi connectivity index (χ0v) is 14.0. The van der Waals surface area contributed by atoms with Crippen molar-refractivity contribution in [2.24, 2.45) is 0 Å². The van der Waals surface area contributed by atoms with Crippen LogP contribution in [-0.4, -0.2) is 18.8 Å². The van der Waals surface area contributed by atoms with E-state index in [1.807, 2.05) is 30.3 Å². The number of carbonyl (C=O) groups is 1. The van der Waals surface area contributed by atoms with E-state index in [-0.39, 0.29) is 5.91 Å². The Labute approximate surface area is 137 Å². The molecule has 2 aromatic carbocycles. The van der Waals surface area contributed by atoms with Crippen molar-refractivity contribution in [2.45, 2.75) is 5.75 Å². The number of hydrogen-bond donors (Lipinski definition) is 1. The Hall–Kier alpha value is -1.46. The summed E-state index contributed by atoms with van der Waals surface area (Å²) in [5.74, 6) is 1.96. The summed E-state index contributed by atoms with van der Waals surface area (Å²) >= 11 is 5.00. The van der Waals surface area contributed by atoms with Crippen LogP contribution in [0.3, 0.4) is 0 Å². The summed E-state index contributed by atoms with van der Waals surface area (Å²) in [5, 5.41) is 2.86. The van der Waals surface area contributed by atoms with Crippen LogP contribution in [0.1, 0.15) is 5.56 Å². The van der Waals surface area contributed by atoms with E-state index in [2.05, 4.69) is 33.4 Å². The van der Waals surface area contributed by atoms with Crippen LogP contribution in [0.4, 0.5) is 5.69 Å². The van der Waals surface area contributed by atoms with Gasteiger partial charge in [0.2, 0.25) is 5.91 Å². The van der Waals surface area contributed by atoms with Gasteiger partial charge < -0.3 is 10.1 Å². The van der Waals surface area contributed by atoms with Gasteiger partial charge in [0.05, 0.1) is 12.9 Å². The number of anilines is 1. The highest BCUT2D eigenvalue weighted by molar-refractivity contribution is 9.10. The molecule has 2 aromatic rings. The molecule has 1 amide bonds. The molecule has 0 radical (unpaired) electrons. The van der Waals surface area contributed by atoms with Gasteiger partial charge in [0, 0.05) is 22.0 Å². The quantitative estimate of drug-likeness (QED) is 0.827. The zero-order chi connectivity index (χ0) is 15.1. The van der Waals surface area contributed by atoms with E-state index in [1.165, 1.54) is 5.56 Å². The number of amides is 1. The minimum atomic E-state index is -0.00892. The number of nitrogens with one attached hydrogen (secondary N) is 1. The number of carbonyl (C=O) groups excluding carboxylic acids is 1. The van der Waals surface area contributed by atoms with Gasteiger partial charge in [-0.2, -0.15) is 0 Å². The van der Waals surface area contributed by atoms with Crippen LogP contribution in [0, 0.1) is 0 Å². The van der Waals surface area contributed by atoms with Gasteiger partial charge in [-0.3, -0.25) is 4.79 Å². The van der Waals surface area contributed by atoms with Crippen molar-refractivity contribution in [1.29, 1.82) is 0 Å². The smallest absolute Gasteiger partial charge is 0.234 e. The normalized spacial score (nSPS) is 10.2. The SMILES string of the molecule is COc1cccc(NC(=O)CSCc2ccc(Br)cc2)c1. The van der Waals surface area contributed by atoms with Crippen LogP contribution in [0.15, 0.2) is 53.0 Å². The third-order valence-corrected chi connectivity index (χ3v) is 4.30. The first-order valence-electron chi connectivity index (χ1n) is 6.43. The fourth-order valence-corrected chi connectivity index (χ4v) is 2.79. The molecular weight excluding hydrogens is 350 g/mol. The predicted molar refractivity (Wildman–Crippen MR) is 91.9 cm³/mol. The fraction of sp³-hybridized carbons (Fsp3) is 0.188. The maximum Gasteiger partial charge on any atom is 0.234 e. The lowest BCUT2D eigenvalue weighted by Crippen LogP contribution is -2.14. The highest BCUT2D eigenvalue weighted by Crippen LogP contribution is 2.18. The highest BCUT2D eigenvalue weighted by Gasteiger charge is 2.04. The van der Waals surface area contributed by atoms with Crippen LogP contribution in [0.2, 0.25) is 0 Å². The lowest BCUT2D eigenvalue weighted by molar-refractivity contribution is -0.113. The fourth-order valence-electron chi connectivity index (χ4n) is 1.74. The molecule has 3 nitrogen and oxygen atoms in total.